The Morgan fingerprint density at radius 1 is 1.28 bits per heavy atom. The number of furan rings is 1. The fourth-order valence-corrected chi connectivity index (χ4v) is 3.59. The summed E-state index contributed by atoms with van der Waals surface area (Å²) < 4.78 is 12.3. The van der Waals surface area contributed by atoms with Gasteiger partial charge < -0.3 is 19.8 Å². The molecule has 0 radical (unpaired) electrons. The molecule has 172 valence electrons. The van der Waals surface area contributed by atoms with Gasteiger partial charge in [-0.3, -0.25) is 28.3 Å². The molecule has 3 heterocycles. The maximum absolute atomic E-state index is 12.7. The van der Waals surface area contributed by atoms with Crippen LogP contribution < -0.4 is 17.0 Å². The van der Waals surface area contributed by atoms with E-state index in [0.29, 0.717) is 5.76 Å². The molecule has 2 aromatic heterocycles. The van der Waals surface area contributed by atoms with Crippen molar-refractivity contribution in [3.05, 3.63) is 50.6 Å². The summed E-state index contributed by atoms with van der Waals surface area (Å²) in [5.41, 5.74) is 4.08. The van der Waals surface area contributed by atoms with Crippen molar-refractivity contribution in [2.45, 2.75) is 33.4 Å². The van der Waals surface area contributed by atoms with Crippen LogP contribution in [0.4, 0.5) is 5.82 Å². The molecular weight excluding hydrogens is 420 g/mol. The first-order valence-corrected chi connectivity index (χ1v) is 10.2. The second-order valence-corrected chi connectivity index (χ2v) is 8.20. The summed E-state index contributed by atoms with van der Waals surface area (Å²) in [6, 6.07) is 3.43. The molecule has 0 aliphatic carbocycles. The number of hydrogen-bond donors (Lipinski definition) is 1. The van der Waals surface area contributed by atoms with Gasteiger partial charge in [0.15, 0.2) is 6.61 Å². The third kappa shape index (κ3) is 4.66. The summed E-state index contributed by atoms with van der Waals surface area (Å²) in [4.78, 5) is 63.6. The highest BCUT2D eigenvalue weighted by molar-refractivity contribution is 6.01. The van der Waals surface area contributed by atoms with Crippen LogP contribution in [0.5, 0.6) is 0 Å². The number of likely N-dealkylation sites (tertiary alicyclic amines) is 1. The van der Waals surface area contributed by atoms with E-state index in [1.165, 1.54) is 18.2 Å². The number of ether oxygens (including phenoxy) is 1. The maximum Gasteiger partial charge on any atom is 0.332 e. The molecule has 11 heteroatoms. The van der Waals surface area contributed by atoms with Crippen molar-refractivity contribution in [3.8, 4) is 0 Å². The molecule has 1 aliphatic rings. The Bertz CT molecular complexity index is 1140. The normalized spacial score (nSPS) is 16.1. The summed E-state index contributed by atoms with van der Waals surface area (Å²) >= 11 is 0. The second-order valence-electron chi connectivity index (χ2n) is 8.20. The summed E-state index contributed by atoms with van der Waals surface area (Å²) in [7, 11) is 1.25. The molecule has 3 rings (SSSR count). The topological polar surface area (TPSA) is 147 Å². The van der Waals surface area contributed by atoms with E-state index in [1.807, 2.05) is 13.8 Å². The van der Waals surface area contributed by atoms with Gasteiger partial charge in [0.1, 0.15) is 17.1 Å². The van der Waals surface area contributed by atoms with Crippen LogP contribution in [0.25, 0.3) is 0 Å². The predicted octanol–water partition coefficient (Wildman–Crippen LogP) is 0.153. The number of rotatable bonds is 8. The van der Waals surface area contributed by atoms with E-state index >= 15 is 0 Å². The van der Waals surface area contributed by atoms with Crippen LogP contribution in [0, 0.1) is 11.8 Å². The number of hydrogen-bond acceptors (Lipinski definition) is 8. The zero-order valence-electron chi connectivity index (χ0n) is 18.2. The van der Waals surface area contributed by atoms with Crippen molar-refractivity contribution < 1.29 is 23.5 Å². The van der Waals surface area contributed by atoms with E-state index in [9.17, 15) is 24.0 Å². The van der Waals surface area contributed by atoms with Crippen LogP contribution in [0.15, 0.2) is 32.4 Å². The van der Waals surface area contributed by atoms with Gasteiger partial charge >= 0.3 is 11.7 Å². The first kappa shape index (κ1) is 23.0. The molecule has 1 saturated heterocycles. The smallest absolute Gasteiger partial charge is 0.332 e. The van der Waals surface area contributed by atoms with E-state index in [4.69, 9.17) is 14.9 Å². The largest absolute Gasteiger partial charge is 0.467 e. The van der Waals surface area contributed by atoms with Crippen molar-refractivity contribution in [2.75, 3.05) is 18.9 Å². The number of nitrogens with zero attached hydrogens (tertiary/aromatic N) is 3. The zero-order valence-corrected chi connectivity index (χ0v) is 18.2. The summed E-state index contributed by atoms with van der Waals surface area (Å²) in [6.45, 7) is 3.58. The van der Waals surface area contributed by atoms with Gasteiger partial charge in [0.05, 0.1) is 18.7 Å². The van der Waals surface area contributed by atoms with Gasteiger partial charge in [-0.2, -0.15) is 0 Å². The Morgan fingerprint density at radius 2 is 2.00 bits per heavy atom. The van der Waals surface area contributed by atoms with Gasteiger partial charge in [-0.05, 0) is 18.1 Å². The molecule has 2 N–H and O–H groups in total. The number of nitrogen functional groups attached to an aromatic ring is 1. The lowest BCUT2D eigenvalue weighted by Crippen LogP contribution is -2.43. The Labute approximate surface area is 183 Å². The number of anilines is 1. The fourth-order valence-electron chi connectivity index (χ4n) is 3.59. The third-order valence-electron chi connectivity index (χ3n) is 5.23. The number of carbonyl (C=O) groups excluding carboxylic acids is 3. The van der Waals surface area contributed by atoms with Gasteiger partial charge in [-0.25, -0.2) is 4.79 Å². The fraction of sp³-hybridized carbons (Fsp3) is 0.476. The molecule has 0 aromatic carbocycles. The van der Waals surface area contributed by atoms with E-state index in [2.05, 4.69) is 0 Å². The SMILES string of the molecule is CC(C)Cn1c(N)c(C(=O)COC(=O)[C@@H]2CC(=O)N(Cc3ccco3)C2)c(=O)n(C)c1=O. The molecule has 1 amide bonds. The number of ketones is 1. The lowest BCUT2D eigenvalue weighted by molar-refractivity contribution is -0.147. The molecular formula is C21H26N4O7. The van der Waals surface area contributed by atoms with Gasteiger partial charge in [-0.1, -0.05) is 13.8 Å². The summed E-state index contributed by atoms with van der Waals surface area (Å²) in [5, 5.41) is 0. The molecule has 2 aromatic rings. The van der Waals surface area contributed by atoms with E-state index < -0.39 is 41.1 Å². The number of esters is 1. The van der Waals surface area contributed by atoms with E-state index in [1.54, 1.807) is 12.1 Å². The van der Waals surface area contributed by atoms with Crippen molar-refractivity contribution in [3.63, 3.8) is 0 Å². The summed E-state index contributed by atoms with van der Waals surface area (Å²) in [6.07, 6.45) is 1.45. The molecule has 1 atom stereocenters. The average molecular weight is 446 g/mol. The van der Waals surface area contributed by atoms with Crippen molar-refractivity contribution >= 4 is 23.5 Å². The highest BCUT2D eigenvalue weighted by Gasteiger charge is 2.36. The first-order valence-electron chi connectivity index (χ1n) is 10.2. The first-order chi connectivity index (χ1) is 15.1. The van der Waals surface area contributed by atoms with Crippen molar-refractivity contribution in [1.29, 1.82) is 0 Å². The number of carbonyl (C=O) groups is 3. The zero-order chi connectivity index (χ0) is 23.6. The molecule has 1 aliphatic heterocycles. The Balaban J connectivity index is 1.69. The Kier molecular flexibility index (Phi) is 6.66. The number of aromatic nitrogens is 2. The Morgan fingerprint density at radius 3 is 2.62 bits per heavy atom. The molecule has 0 spiro atoms. The third-order valence-corrected chi connectivity index (χ3v) is 5.23. The van der Waals surface area contributed by atoms with Gasteiger partial charge in [0, 0.05) is 26.6 Å². The lowest BCUT2D eigenvalue weighted by Gasteiger charge is -2.16. The Hall–Kier alpha value is -3.63. The van der Waals surface area contributed by atoms with Crippen LogP contribution in [0.1, 0.15) is 36.4 Å². The van der Waals surface area contributed by atoms with Crippen molar-refractivity contribution in [1.82, 2.24) is 14.0 Å². The van der Waals surface area contributed by atoms with Crippen LogP contribution in [-0.4, -0.2) is 44.8 Å². The van der Waals surface area contributed by atoms with Crippen LogP contribution in [-0.2, 0) is 34.5 Å². The number of amides is 1. The van der Waals surface area contributed by atoms with E-state index in [0.717, 1.165) is 9.13 Å². The standard InChI is InChI=1S/C21H26N4O7/c1-12(2)8-25-18(22)17(19(28)23(3)21(25)30)15(26)11-32-20(29)13-7-16(27)24(9-13)10-14-5-4-6-31-14/h4-6,12-13H,7-11,22H2,1-3H3/t13-/m1/s1. The van der Waals surface area contributed by atoms with Crippen molar-refractivity contribution in [2.24, 2.45) is 18.9 Å². The molecule has 1 fully saturated rings. The number of Topliss-reactive ketones (excluding diaryl/α,β-unsaturated/α-hetero) is 1. The van der Waals surface area contributed by atoms with Crippen LogP contribution in [0.2, 0.25) is 0 Å². The molecule has 0 unspecified atom stereocenters. The monoisotopic (exact) mass is 446 g/mol. The molecule has 32 heavy (non-hydrogen) atoms. The average Bonchev–Trinajstić information content (AvgIpc) is 3.38. The summed E-state index contributed by atoms with van der Waals surface area (Å²) in [5.74, 6) is -2.13. The predicted molar refractivity (Wildman–Crippen MR) is 113 cm³/mol. The molecule has 11 nitrogen and oxygen atoms in total. The lowest BCUT2D eigenvalue weighted by atomic mass is 10.1. The van der Waals surface area contributed by atoms with Gasteiger partial charge in [-0.15, -0.1) is 0 Å². The van der Waals surface area contributed by atoms with Gasteiger partial charge in [0.25, 0.3) is 5.56 Å². The quantitative estimate of drug-likeness (QED) is 0.445. The van der Waals surface area contributed by atoms with Crippen LogP contribution in [0.3, 0.4) is 0 Å². The highest BCUT2D eigenvalue weighted by Crippen LogP contribution is 2.21. The maximum atomic E-state index is 12.7. The minimum atomic E-state index is -0.853. The van der Waals surface area contributed by atoms with Crippen LogP contribution >= 0.6 is 0 Å². The minimum absolute atomic E-state index is 0.0392. The molecule has 0 saturated carbocycles. The number of nitrogens with two attached hydrogens (primary N) is 1. The highest BCUT2D eigenvalue weighted by atomic mass is 16.5. The second kappa shape index (κ2) is 9.25. The minimum Gasteiger partial charge on any atom is -0.467 e. The van der Waals surface area contributed by atoms with Gasteiger partial charge in [0.2, 0.25) is 11.7 Å². The molecule has 0 bridgehead atoms. The van der Waals surface area contributed by atoms with E-state index in [-0.39, 0.29) is 43.7 Å².